The van der Waals surface area contributed by atoms with Gasteiger partial charge >= 0.3 is 0 Å². The van der Waals surface area contributed by atoms with E-state index in [2.05, 4.69) is 4.98 Å². The summed E-state index contributed by atoms with van der Waals surface area (Å²) in [5, 5.41) is 4.47. The summed E-state index contributed by atoms with van der Waals surface area (Å²) in [5.74, 6) is 0. The molecule has 1 N–H and O–H groups in total. The quantitative estimate of drug-likeness (QED) is 0.761. The van der Waals surface area contributed by atoms with Crippen LogP contribution in [0.15, 0.2) is 56.7 Å². The molecule has 0 bridgehead atoms. The van der Waals surface area contributed by atoms with Crippen molar-refractivity contribution in [3.63, 3.8) is 0 Å². The van der Waals surface area contributed by atoms with E-state index < -0.39 is 0 Å². The SMILES string of the molecule is Cn1c(=O)c(=Cc2ccccc2)[nH]c(=O)c1=Cc1ccsc1. The molecule has 0 spiro atoms. The van der Waals surface area contributed by atoms with Gasteiger partial charge in [-0.05, 0) is 40.1 Å². The Bertz CT molecular complexity index is 1010. The highest BCUT2D eigenvalue weighted by Gasteiger charge is 2.01. The van der Waals surface area contributed by atoms with Crippen LogP contribution in [0.25, 0.3) is 12.2 Å². The Kier molecular flexibility index (Phi) is 3.89. The molecular formula is C17H14N2O2S. The van der Waals surface area contributed by atoms with Crippen molar-refractivity contribution in [2.24, 2.45) is 7.05 Å². The Morgan fingerprint density at radius 3 is 2.50 bits per heavy atom. The van der Waals surface area contributed by atoms with Crippen molar-refractivity contribution >= 4 is 23.5 Å². The highest BCUT2D eigenvalue weighted by Crippen LogP contribution is 2.05. The summed E-state index contributed by atoms with van der Waals surface area (Å²) in [7, 11) is 1.61. The van der Waals surface area contributed by atoms with E-state index in [9.17, 15) is 9.59 Å². The number of nitrogens with zero attached hydrogens (tertiary/aromatic N) is 1. The molecule has 0 fully saturated rings. The maximum atomic E-state index is 12.4. The molecular weight excluding hydrogens is 296 g/mol. The molecule has 2 aromatic heterocycles. The highest BCUT2D eigenvalue weighted by atomic mass is 32.1. The van der Waals surface area contributed by atoms with Gasteiger partial charge in [-0.15, -0.1) is 0 Å². The summed E-state index contributed by atoms with van der Waals surface area (Å²) < 4.78 is 1.38. The summed E-state index contributed by atoms with van der Waals surface area (Å²) in [4.78, 5) is 27.4. The second kappa shape index (κ2) is 5.99. The van der Waals surface area contributed by atoms with Gasteiger partial charge in [0.15, 0.2) is 0 Å². The third-order valence-electron chi connectivity index (χ3n) is 3.33. The molecule has 5 heteroatoms. The maximum Gasteiger partial charge on any atom is 0.274 e. The number of thiophene rings is 1. The Morgan fingerprint density at radius 1 is 1.05 bits per heavy atom. The number of nitrogens with one attached hydrogen (secondary N) is 1. The molecule has 0 aliphatic carbocycles. The number of rotatable bonds is 2. The van der Waals surface area contributed by atoms with E-state index in [-0.39, 0.29) is 16.5 Å². The Hall–Kier alpha value is -2.66. The molecule has 0 atom stereocenters. The van der Waals surface area contributed by atoms with Crippen molar-refractivity contribution in [1.29, 1.82) is 0 Å². The van der Waals surface area contributed by atoms with Gasteiger partial charge in [0.05, 0.1) is 0 Å². The van der Waals surface area contributed by atoms with Gasteiger partial charge in [0, 0.05) is 7.05 Å². The van der Waals surface area contributed by atoms with E-state index in [1.54, 1.807) is 30.5 Å². The zero-order chi connectivity index (χ0) is 15.5. The monoisotopic (exact) mass is 310 g/mol. The molecule has 3 rings (SSSR count). The fraction of sp³-hybridized carbons (Fsp3) is 0.0588. The summed E-state index contributed by atoms with van der Waals surface area (Å²) >= 11 is 1.54. The van der Waals surface area contributed by atoms with Gasteiger partial charge in [0.1, 0.15) is 10.7 Å². The second-order valence-corrected chi connectivity index (χ2v) is 5.65. The second-order valence-electron chi connectivity index (χ2n) is 4.87. The van der Waals surface area contributed by atoms with Crippen molar-refractivity contribution in [2.75, 3.05) is 0 Å². The first-order valence-corrected chi connectivity index (χ1v) is 7.69. The van der Waals surface area contributed by atoms with Crippen LogP contribution in [0.4, 0.5) is 0 Å². The van der Waals surface area contributed by atoms with Crippen molar-refractivity contribution in [3.05, 3.63) is 89.7 Å². The highest BCUT2D eigenvalue weighted by molar-refractivity contribution is 7.08. The standard InChI is InChI=1S/C17H14N2O2S/c1-19-15(10-13-7-8-22-11-13)16(20)18-14(17(19)21)9-12-5-3-2-4-6-12/h2-11H,1H3,(H,18,20). The molecule has 0 unspecified atom stereocenters. The predicted molar refractivity (Wildman–Crippen MR) is 89.4 cm³/mol. The molecule has 0 saturated carbocycles. The first-order valence-electron chi connectivity index (χ1n) is 6.75. The number of hydrogen-bond donors (Lipinski definition) is 1. The number of aromatic amines is 1. The van der Waals surface area contributed by atoms with Crippen LogP contribution >= 0.6 is 11.3 Å². The minimum Gasteiger partial charge on any atom is -0.316 e. The smallest absolute Gasteiger partial charge is 0.274 e. The average Bonchev–Trinajstić information content (AvgIpc) is 3.03. The zero-order valence-corrected chi connectivity index (χ0v) is 12.8. The van der Waals surface area contributed by atoms with Crippen LogP contribution in [0.1, 0.15) is 11.1 Å². The van der Waals surface area contributed by atoms with Crippen molar-refractivity contribution in [1.82, 2.24) is 9.55 Å². The number of aromatic nitrogens is 2. The Labute approximate surface area is 130 Å². The third-order valence-corrected chi connectivity index (χ3v) is 4.04. The van der Waals surface area contributed by atoms with Gasteiger partial charge in [0.2, 0.25) is 0 Å². The van der Waals surface area contributed by atoms with Crippen LogP contribution < -0.4 is 21.8 Å². The van der Waals surface area contributed by atoms with Crippen molar-refractivity contribution in [2.45, 2.75) is 0 Å². The van der Waals surface area contributed by atoms with E-state index >= 15 is 0 Å². The van der Waals surface area contributed by atoms with E-state index in [1.165, 1.54) is 4.57 Å². The van der Waals surface area contributed by atoms with Gasteiger partial charge in [0.25, 0.3) is 11.1 Å². The van der Waals surface area contributed by atoms with Gasteiger partial charge < -0.3 is 9.55 Å². The molecule has 0 radical (unpaired) electrons. The van der Waals surface area contributed by atoms with Gasteiger partial charge in [-0.3, -0.25) is 9.59 Å². The van der Waals surface area contributed by atoms with Crippen LogP contribution in [0.2, 0.25) is 0 Å². The average molecular weight is 310 g/mol. The molecule has 0 saturated heterocycles. The molecule has 0 aliphatic rings. The summed E-state index contributed by atoms with van der Waals surface area (Å²) in [5.41, 5.74) is 1.26. The minimum atomic E-state index is -0.282. The summed E-state index contributed by atoms with van der Waals surface area (Å²) in [6.45, 7) is 0. The third kappa shape index (κ3) is 2.84. The van der Waals surface area contributed by atoms with Gasteiger partial charge in [-0.1, -0.05) is 30.3 Å². The Morgan fingerprint density at radius 2 is 1.82 bits per heavy atom. The van der Waals surface area contributed by atoms with Crippen molar-refractivity contribution < 1.29 is 0 Å². The number of hydrogen-bond acceptors (Lipinski definition) is 3. The number of benzene rings is 1. The summed E-state index contributed by atoms with van der Waals surface area (Å²) in [6.07, 6.45) is 3.39. The van der Waals surface area contributed by atoms with Crippen LogP contribution in [-0.4, -0.2) is 9.55 Å². The van der Waals surface area contributed by atoms with Crippen LogP contribution in [0.5, 0.6) is 0 Å². The molecule has 0 aliphatic heterocycles. The van der Waals surface area contributed by atoms with E-state index in [4.69, 9.17) is 0 Å². The molecule has 110 valence electrons. The fourth-order valence-corrected chi connectivity index (χ4v) is 2.79. The maximum absolute atomic E-state index is 12.4. The molecule has 22 heavy (non-hydrogen) atoms. The first kappa shape index (κ1) is 14.3. The molecule has 3 aromatic rings. The van der Waals surface area contributed by atoms with Crippen LogP contribution in [-0.2, 0) is 7.05 Å². The Balaban J connectivity index is 2.25. The predicted octanol–water partition coefficient (Wildman–Crippen LogP) is 0.793. The first-order chi connectivity index (χ1) is 10.6. The van der Waals surface area contributed by atoms with E-state index in [0.29, 0.717) is 5.35 Å². The van der Waals surface area contributed by atoms with Gasteiger partial charge in [-0.25, -0.2) is 0 Å². The van der Waals surface area contributed by atoms with E-state index in [0.717, 1.165) is 11.1 Å². The van der Waals surface area contributed by atoms with E-state index in [1.807, 2.05) is 47.2 Å². The number of H-pyrrole nitrogens is 1. The normalized spacial score (nSPS) is 12.8. The topological polar surface area (TPSA) is 54.9 Å². The van der Waals surface area contributed by atoms with Gasteiger partial charge in [-0.2, -0.15) is 11.3 Å². The molecule has 4 nitrogen and oxygen atoms in total. The van der Waals surface area contributed by atoms with Crippen LogP contribution in [0.3, 0.4) is 0 Å². The summed E-state index contributed by atoms with van der Waals surface area (Å²) in [6, 6.07) is 11.3. The lowest BCUT2D eigenvalue weighted by Crippen LogP contribution is -2.52. The lowest BCUT2D eigenvalue weighted by atomic mass is 10.2. The largest absolute Gasteiger partial charge is 0.316 e. The lowest BCUT2D eigenvalue weighted by Gasteiger charge is -1.99. The van der Waals surface area contributed by atoms with Crippen LogP contribution in [0, 0.1) is 0 Å². The molecule has 2 heterocycles. The lowest BCUT2D eigenvalue weighted by molar-refractivity contribution is 0.776. The minimum absolute atomic E-state index is 0.232. The fourth-order valence-electron chi connectivity index (χ4n) is 2.17. The zero-order valence-electron chi connectivity index (χ0n) is 11.9. The molecule has 1 aromatic carbocycles. The molecule has 0 amide bonds. The van der Waals surface area contributed by atoms with Crippen molar-refractivity contribution in [3.8, 4) is 0 Å².